The summed E-state index contributed by atoms with van der Waals surface area (Å²) in [4.78, 5) is 37.5. The quantitative estimate of drug-likeness (QED) is 0.258. The Kier molecular flexibility index (Phi) is 8.31. The highest BCUT2D eigenvalue weighted by Gasteiger charge is 2.18. The summed E-state index contributed by atoms with van der Waals surface area (Å²) in [6.07, 6.45) is 0. The molecule has 1 N–H and O–H groups in total. The van der Waals surface area contributed by atoms with Gasteiger partial charge in [-0.05, 0) is 30.3 Å². The Labute approximate surface area is 184 Å². The Morgan fingerprint density at radius 1 is 1.06 bits per heavy atom. The molecule has 1 amide bonds. The van der Waals surface area contributed by atoms with Crippen LogP contribution in [0.2, 0.25) is 0 Å². The highest BCUT2D eigenvalue weighted by atomic mass is 32.2. The minimum Gasteiger partial charge on any atom is -0.486 e. The second-order valence-electron chi connectivity index (χ2n) is 6.49. The third kappa shape index (κ3) is 6.47. The van der Waals surface area contributed by atoms with Gasteiger partial charge in [0, 0.05) is 24.1 Å². The fourth-order valence-electron chi connectivity index (χ4n) is 2.76. The Morgan fingerprint density at radius 2 is 1.84 bits per heavy atom. The van der Waals surface area contributed by atoms with E-state index in [1.807, 2.05) is 0 Å². The van der Waals surface area contributed by atoms with Gasteiger partial charge >= 0.3 is 5.97 Å². The first-order valence-electron chi connectivity index (χ1n) is 9.66. The van der Waals surface area contributed by atoms with Gasteiger partial charge in [-0.3, -0.25) is 9.59 Å². The van der Waals surface area contributed by atoms with Crippen molar-refractivity contribution in [3.63, 3.8) is 0 Å². The van der Waals surface area contributed by atoms with Crippen LogP contribution in [0.15, 0.2) is 47.4 Å². The number of ether oxygens (including phenoxy) is 4. The number of esters is 1. The van der Waals surface area contributed by atoms with Gasteiger partial charge < -0.3 is 24.3 Å². The monoisotopic (exact) mass is 445 g/mol. The van der Waals surface area contributed by atoms with Crippen molar-refractivity contribution in [3.8, 4) is 11.5 Å². The van der Waals surface area contributed by atoms with E-state index in [0.717, 1.165) is 0 Å². The van der Waals surface area contributed by atoms with Crippen LogP contribution in [0, 0.1) is 0 Å². The Balaban J connectivity index is 1.55. The van der Waals surface area contributed by atoms with E-state index in [1.54, 1.807) is 49.6 Å². The van der Waals surface area contributed by atoms with Crippen LogP contribution in [0.3, 0.4) is 0 Å². The van der Waals surface area contributed by atoms with Crippen LogP contribution in [0.5, 0.6) is 11.5 Å². The van der Waals surface area contributed by atoms with E-state index in [2.05, 4.69) is 5.32 Å². The van der Waals surface area contributed by atoms with E-state index in [1.165, 1.54) is 11.8 Å². The molecule has 2 aromatic rings. The minimum atomic E-state index is -0.631. The SMILES string of the molecule is COCCNC(=O)CSc1ccccc1C(=O)OCC(=O)c1ccc2c(c1)OCCO2. The predicted molar refractivity (Wildman–Crippen MR) is 114 cm³/mol. The van der Waals surface area contributed by atoms with Gasteiger partial charge in [0.2, 0.25) is 5.91 Å². The summed E-state index contributed by atoms with van der Waals surface area (Å²) in [6.45, 7) is 1.32. The smallest absolute Gasteiger partial charge is 0.339 e. The number of hydrogen-bond acceptors (Lipinski definition) is 8. The zero-order valence-corrected chi connectivity index (χ0v) is 17.9. The van der Waals surface area contributed by atoms with E-state index >= 15 is 0 Å². The molecule has 1 aliphatic rings. The lowest BCUT2D eigenvalue weighted by Crippen LogP contribution is -2.28. The van der Waals surface area contributed by atoms with Crippen LogP contribution in [0.25, 0.3) is 0 Å². The molecular weight excluding hydrogens is 422 g/mol. The van der Waals surface area contributed by atoms with Crippen LogP contribution >= 0.6 is 11.8 Å². The van der Waals surface area contributed by atoms with Crippen LogP contribution in [-0.2, 0) is 14.3 Å². The lowest BCUT2D eigenvalue weighted by Gasteiger charge is -2.18. The van der Waals surface area contributed by atoms with Crippen LogP contribution in [-0.4, -0.2) is 63.5 Å². The molecule has 8 nitrogen and oxygen atoms in total. The molecule has 0 spiro atoms. The number of carbonyl (C=O) groups excluding carboxylic acids is 3. The molecule has 0 aliphatic carbocycles. The normalized spacial score (nSPS) is 12.2. The molecule has 0 radical (unpaired) electrons. The van der Waals surface area contributed by atoms with Crippen molar-refractivity contribution >= 4 is 29.4 Å². The third-order valence-corrected chi connectivity index (χ3v) is 5.37. The maximum absolute atomic E-state index is 12.5. The number of fused-ring (bicyclic) bond motifs is 1. The first-order chi connectivity index (χ1) is 15.1. The second kappa shape index (κ2) is 11.4. The van der Waals surface area contributed by atoms with Crippen molar-refractivity contribution in [1.29, 1.82) is 0 Å². The fraction of sp³-hybridized carbons (Fsp3) is 0.318. The number of ketones is 1. The van der Waals surface area contributed by atoms with Gasteiger partial charge in [0.05, 0.1) is 17.9 Å². The topological polar surface area (TPSA) is 100 Å². The lowest BCUT2D eigenvalue weighted by atomic mass is 10.1. The molecule has 0 aromatic heterocycles. The minimum absolute atomic E-state index is 0.143. The molecule has 0 atom stereocenters. The molecule has 0 bridgehead atoms. The zero-order chi connectivity index (χ0) is 22.1. The second-order valence-corrected chi connectivity index (χ2v) is 7.50. The summed E-state index contributed by atoms with van der Waals surface area (Å²) in [5.74, 6) is 0.0659. The summed E-state index contributed by atoms with van der Waals surface area (Å²) < 4.78 is 21.0. The van der Waals surface area contributed by atoms with Gasteiger partial charge in [-0.25, -0.2) is 4.79 Å². The summed E-state index contributed by atoms with van der Waals surface area (Å²) in [5.41, 5.74) is 0.666. The van der Waals surface area contributed by atoms with Crippen molar-refractivity contribution in [2.45, 2.75) is 4.90 Å². The van der Waals surface area contributed by atoms with Gasteiger partial charge in [0.15, 0.2) is 23.9 Å². The van der Waals surface area contributed by atoms with E-state index in [4.69, 9.17) is 18.9 Å². The van der Waals surface area contributed by atoms with Gasteiger partial charge in [-0.1, -0.05) is 12.1 Å². The van der Waals surface area contributed by atoms with Crippen molar-refractivity contribution in [2.75, 3.05) is 45.8 Å². The summed E-state index contributed by atoms with van der Waals surface area (Å²) in [5, 5.41) is 2.72. The summed E-state index contributed by atoms with van der Waals surface area (Å²) in [6, 6.07) is 11.6. The number of thioether (sulfide) groups is 1. The molecular formula is C22H23NO7S. The van der Waals surface area contributed by atoms with Crippen LogP contribution in [0.1, 0.15) is 20.7 Å². The van der Waals surface area contributed by atoms with Crippen LogP contribution < -0.4 is 14.8 Å². The average Bonchev–Trinajstić information content (AvgIpc) is 2.81. The van der Waals surface area contributed by atoms with Gasteiger partial charge in [0.25, 0.3) is 0 Å². The number of methoxy groups -OCH3 is 1. The first-order valence-corrected chi connectivity index (χ1v) is 10.6. The summed E-state index contributed by atoms with van der Waals surface area (Å²) >= 11 is 1.22. The standard InChI is InChI=1S/C22H23NO7S/c1-27-9-8-23-21(25)14-31-20-5-3-2-4-16(20)22(26)30-13-17(24)15-6-7-18-19(12-15)29-11-10-28-18/h2-7,12H,8-11,13-14H2,1H3,(H,23,25). The number of benzene rings is 2. The van der Waals surface area contributed by atoms with Crippen molar-refractivity contribution < 1.29 is 33.3 Å². The van der Waals surface area contributed by atoms with Gasteiger partial charge in [-0.2, -0.15) is 0 Å². The number of carbonyl (C=O) groups is 3. The number of amides is 1. The van der Waals surface area contributed by atoms with Crippen molar-refractivity contribution in [2.24, 2.45) is 0 Å². The number of Topliss-reactive ketones (excluding diaryl/α,β-unsaturated/α-hetero) is 1. The first kappa shape index (κ1) is 22.6. The Bertz CT molecular complexity index is 947. The molecule has 0 saturated carbocycles. The Hall–Kier alpha value is -3.04. The summed E-state index contributed by atoms with van der Waals surface area (Å²) in [7, 11) is 1.56. The van der Waals surface area contributed by atoms with E-state index in [9.17, 15) is 14.4 Å². The third-order valence-electron chi connectivity index (χ3n) is 4.29. The number of nitrogens with one attached hydrogen (secondary N) is 1. The molecule has 0 saturated heterocycles. The van der Waals surface area contributed by atoms with Crippen LogP contribution in [0.4, 0.5) is 0 Å². The molecule has 3 rings (SSSR count). The fourth-order valence-corrected chi connectivity index (χ4v) is 3.63. The number of rotatable bonds is 10. The molecule has 0 fully saturated rings. The zero-order valence-electron chi connectivity index (χ0n) is 17.1. The molecule has 1 heterocycles. The molecule has 2 aromatic carbocycles. The number of hydrogen-bond donors (Lipinski definition) is 1. The van der Waals surface area contributed by atoms with E-state index in [-0.39, 0.29) is 17.4 Å². The van der Waals surface area contributed by atoms with Crippen molar-refractivity contribution in [1.82, 2.24) is 5.32 Å². The average molecular weight is 445 g/mol. The molecule has 164 valence electrons. The highest BCUT2D eigenvalue weighted by Crippen LogP contribution is 2.31. The van der Waals surface area contributed by atoms with E-state index < -0.39 is 12.6 Å². The lowest BCUT2D eigenvalue weighted by molar-refractivity contribution is -0.118. The van der Waals surface area contributed by atoms with E-state index in [0.29, 0.717) is 53.9 Å². The maximum atomic E-state index is 12.5. The Morgan fingerprint density at radius 3 is 2.65 bits per heavy atom. The highest BCUT2D eigenvalue weighted by molar-refractivity contribution is 8.00. The predicted octanol–water partition coefficient (Wildman–Crippen LogP) is 2.35. The van der Waals surface area contributed by atoms with Crippen molar-refractivity contribution in [3.05, 3.63) is 53.6 Å². The largest absolute Gasteiger partial charge is 0.486 e. The van der Waals surface area contributed by atoms with Gasteiger partial charge in [0.1, 0.15) is 13.2 Å². The maximum Gasteiger partial charge on any atom is 0.339 e. The molecule has 9 heteroatoms. The van der Waals surface area contributed by atoms with Gasteiger partial charge in [-0.15, -0.1) is 11.8 Å². The molecule has 0 unspecified atom stereocenters. The molecule has 1 aliphatic heterocycles. The molecule has 31 heavy (non-hydrogen) atoms.